The van der Waals surface area contributed by atoms with Crippen molar-refractivity contribution in [3.8, 4) is 0 Å². The first-order chi connectivity index (χ1) is 29.5. The average molecular weight is 879 g/mol. The number of halogens is 3. The second kappa shape index (κ2) is 21.5. The van der Waals surface area contributed by atoms with Crippen LogP contribution in [0.25, 0.3) is 11.0 Å². The molecule has 3 atom stereocenters. The topological polar surface area (TPSA) is 169 Å². The molecule has 2 aliphatic heterocycles. The second-order valence-corrected chi connectivity index (χ2v) is 17.6. The number of benzene rings is 3. The predicted molar refractivity (Wildman–Crippen MR) is 238 cm³/mol. The summed E-state index contributed by atoms with van der Waals surface area (Å²) in [6.07, 6.45) is 14.9. The van der Waals surface area contributed by atoms with Crippen molar-refractivity contribution in [2.45, 2.75) is 107 Å². The Bertz CT molecular complexity index is 2230. The number of anilines is 1. The Balaban J connectivity index is 0.000000192. The van der Waals surface area contributed by atoms with Crippen LogP contribution in [0.2, 0.25) is 10.0 Å². The SMILES string of the molecule is Cn1c(=O)n(C2CCC(=O)NC2=O)c2ccc(CCCNCC3CCCCC3)cc21.NC=O.O=C(Nc1cccc(Cl)c1)C1C(c2cccc(Cl)c2F)CNC12CCCCC2. The van der Waals surface area contributed by atoms with E-state index in [1.54, 1.807) is 48.0 Å². The van der Waals surface area contributed by atoms with Crippen molar-refractivity contribution in [2.24, 2.45) is 24.6 Å². The normalized spacial score (nSPS) is 21.2. The van der Waals surface area contributed by atoms with Crippen molar-refractivity contribution in [3.63, 3.8) is 0 Å². The molecule has 2 saturated heterocycles. The number of amides is 4. The van der Waals surface area contributed by atoms with Crippen LogP contribution < -0.4 is 32.7 Å². The third-order valence-electron chi connectivity index (χ3n) is 12.8. The largest absolute Gasteiger partial charge is 0.372 e. The number of aryl methyl sites for hydroxylation is 2. The van der Waals surface area contributed by atoms with Gasteiger partial charge in [-0.25, -0.2) is 9.18 Å². The highest BCUT2D eigenvalue weighted by Gasteiger charge is 2.53. The maximum atomic E-state index is 14.8. The van der Waals surface area contributed by atoms with E-state index in [2.05, 4.69) is 33.1 Å². The summed E-state index contributed by atoms with van der Waals surface area (Å²) in [6, 6.07) is 17.5. The Morgan fingerprint density at radius 1 is 0.951 bits per heavy atom. The highest BCUT2D eigenvalue weighted by Crippen LogP contribution is 2.47. The van der Waals surface area contributed by atoms with E-state index in [0.717, 1.165) is 68.6 Å². The van der Waals surface area contributed by atoms with Gasteiger partial charge in [-0.3, -0.25) is 33.6 Å². The molecular weight excluding hydrogens is 820 g/mol. The summed E-state index contributed by atoms with van der Waals surface area (Å²) in [5, 5.41) is 13.2. The Hall–Kier alpha value is -4.56. The van der Waals surface area contributed by atoms with Crippen molar-refractivity contribution in [3.05, 3.63) is 98.1 Å². The van der Waals surface area contributed by atoms with Crippen LogP contribution >= 0.6 is 23.2 Å². The fourth-order valence-corrected chi connectivity index (χ4v) is 10.2. The van der Waals surface area contributed by atoms with Gasteiger partial charge in [0.05, 0.1) is 22.0 Å². The summed E-state index contributed by atoms with van der Waals surface area (Å²) in [6.45, 7) is 2.69. The van der Waals surface area contributed by atoms with Crippen molar-refractivity contribution in [1.82, 2.24) is 25.1 Å². The lowest BCUT2D eigenvalue weighted by molar-refractivity contribution is -0.135. The van der Waals surface area contributed by atoms with Crippen LogP contribution in [0.1, 0.15) is 107 Å². The number of nitrogens with two attached hydrogens (primary N) is 1. The van der Waals surface area contributed by atoms with Gasteiger partial charge in [-0.1, -0.05) is 86.0 Å². The Labute approximate surface area is 366 Å². The molecule has 2 aliphatic carbocycles. The lowest BCUT2D eigenvalue weighted by atomic mass is 9.69. The maximum Gasteiger partial charge on any atom is 0.329 e. The average Bonchev–Trinajstić information content (AvgIpc) is 3.72. The molecule has 4 aromatic rings. The number of fused-ring (bicyclic) bond motifs is 1. The molecule has 1 aromatic heterocycles. The third-order valence-corrected chi connectivity index (χ3v) is 13.4. The summed E-state index contributed by atoms with van der Waals surface area (Å²) in [7, 11) is 1.74. The first-order valence-electron chi connectivity index (χ1n) is 21.6. The number of hydrogen-bond acceptors (Lipinski definition) is 7. The number of rotatable bonds is 10. The molecular formula is C46H58Cl2FN7O5. The number of primary amides is 1. The van der Waals surface area contributed by atoms with Crippen LogP contribution in [0.4, 0.5) is 10.1 Å². The highest BCUT2D eigenvalue weighted by atomic mass is 35.5. The van der Waals surface area contributed by atoms with Gasteiger partial charge in [0.2, 0.25) is 24.1 Å². The minimum absolute atomic E-state index is 0.0936. The van der Waals surface area contributed by atoms with Gasteiger partial charge in [0, 0.05) is 42.2 Å². The zero-order valence-corrected chi connectivity index (χ0v) is 36.3. The van der Waals surface area contributed by atoms with Crippen molar-refractivity contribution in [2.75, 3.05) is 25.0 Å². The monoisotopic (exact) mass is 877 g/mol. The molecule has 4 amide bonds. The van der Waals surface area contributed by atoms with Crippen molar-refractivity contribution in [1.29, 1.82) is 0 Å². The Morgan fingerprint density at radius 2 is 1.67 bits per heavy atom. The molecule has 15 heteroatoms. The number of carbonyl (C=O) groups excluding carboxylic acids is 4. The van der Waals surface area contributed by atoms with E-state index in [9.17, 15) is 23.6 Å². The van der Waals surface area contributed by atoms with Crippen LogP contribution in [0, 0.1) is 17.7 Å². The Morgan fingerprint density at radius 3 is 2.39 bits per heavy atom. The minimum Gasteiger partial charge on any atom is -0.372 e. The number of nitrogens with zero attached hydrogens (tertiary/aromatic N) is 2. The van der Waals surface area contributed by atoms with Crippen LogP contribution in [0.3, 0.4) is 0 Å². The summed E-state index contributed by atoms with van der Waals surface area (Å²) in [5.41, 5.74) is 7.58. The van der Waals surface area contributed by atoms with Gasteiger partial charge >= 0.3 is 5.69 Å². The first-order valence-corrected chi connectivity index (χ1v) is 22.4. The molecule has 3 unspecified atom stereocenters. The first kappa shape index (κ1) is 46.0. The van der Waals surface area contributed by atoms with Crippen molar-refractivity contribution < 1.29 is 23.6 Å². The lowest BCUT2D eigenvalue weighted by Gasteiger charge is -2.39. The molecule has 61 heavy (non-hydrogen) atoms. The molecule has 1 spiro atoms. The molecule has 12 nitrogen and oxygen atoms in total. The lowest BCUT2D eigenvalue weighted by Crippen LogP contribution is -2.50. The van der Waals surface area contributed by atoms with Crippen LogP contribution in [0.5, 0.6) is 0 Å². The van der Waals surface area contributed by atoms with E-state index in [-0.39, 0.29) is 52.7 Å². The number of aromatic nitrogens is 2. The van der Waals surface area contributed by atoms with Crippen LogP contribution in [-0.2, 0) is 32.6 Å². The number of imidazole rings is 1. The quantitative estimate of drug-likeness (QED) is 0.0633. The molecule has 4 aliphatic rings. The standard InChI is InChI=1S/C23H32N4O3.C22H23Cl2FN2O.CH3NO/c1-26-20-14-16(8-5-13-24-15-17-6-3-2-4-7-17)9-10-18(20)27(23(26)30)19-11-12-21(28)25-22(19)29;23-14-6-4-7-15(12-14)27-21(28)19-17(16-8-5-9-18(24)20(16)25)13-26-22(19)10-2-1-3-11-22;2-1-3/h9-10,14,17,19,24H,2-8,11-13,15H2,1H3,(H,25,28,29);4-9,12,17,19,26H,1-3,10-11,13H2,(H,27,28);1H,(H2,2,3). The molecule has 0 radical (unpaired) electrons. The van der Waals surface area contributed by atoms with E-state index in [0.29, 0.717) is 29.2 Å². The van der Waals surface area contributed by atoms with E-state index in [1.807, 2.05) is 18.2 Å². The fourth-order valence-electron chi connectivity index (χ4n) is 9.82. The maximum absolute atomic E-state index is 14.8. The van der Waals surface area contributed by atoms with Crippen LogP contribution in [0.15, 0.2) is 65.5 Å². The fraction of sp³-hybridized carbons (Fsp3) is 0.500. The summed E-state index contributed by atoms with van der Waals surface area (Å²) in [5.74, 6) is -0.992. The number of piperidine rings is 1. The van der Waals surface area contributed by atoms with E-state index in [1.165, 1.54) is 48.7 Å². The predicted octanol–water partition coefficient (Wildman–Crippen LogP) is 7.30. The number of nitrogens with one attached hydrogen (secondary N) is 4. The van der Waals surface area contributed by atoms with Gasteiger partial charge < -0.3 is 21.7 Å². The number of imide groups is 1. The van der Waals surface area contributed by atoms with Gasteiger partial charge in [-0.15, -0.1) is 0 Å². The van der Waals surface area contributed by atoms with E-state index >= 15 is 0 Å². The molecule has 4 fully saturated rings. The zero-order valence-electron chi connectivity index (χ0n) is 34.8. The van der Waals surface area contributed by atoms with Gasteiger partial charge in [0.25, 0.3) is 0 Å². The van der Waals surface area contributed by atoms with Gasteiger partial charge in [0.1, 0.15) is 11.9 Å². The molecule has 3 heterocycles. The summed E-state index contributed by atoms with van der Waals surface area (Å²) >= 11 is 12.1. The summed E-state index contributed by atoms with van der Waals surface area (Å²) < 4.78 is 18.0. The highest BCUT2D eigenvalue weighted by molar-refractivity contribution is 6.31. The molecule has 3 aromatic carbocycles. The number of hydrogen-bond donors (Lipinski definition) is 5. The Kier molecular flexibility index (Phi) is 16.2. The summed E-state index contributed by atoms with van der Waals surface area (Å²) in [4.78, 5) is 58.6. The minimum atomic E-state index is -0.631. The van der Waals surface area contributed by atoms with Gasteiger partial charge in [0.15, 0.2) is 0 Å². The number of carbonyl (C=O) groups is 4. The smallest absolute Gasteiger partial charge is 0.329 e. The molecule has 328 valence electrons. The molecule has 8 rings (SSSR count). The van der Waals surface area contributed by atoms with Crippen molar-refractivity contribution >= 4 is 64.1 Å². The van der Waals surface area contributed by atoms with Gasteiger partial charge in [-0.05, 0) is 111 Å². The molecule has 0 bridgehead atoms. The zero-order chi connectivity index (χ0) is 43.5. The van der Waals surface area contributed by atoms with E-state index in [4.69, 9.17) is 28.0 Å². The molecule has 2 saturated carbocycles. The van der Waals surface area contributed by atoms with Crippen LogP contribution in [-0.4, -0.2) is 58.4 Å². The second-order valence-electron chi connectivity index (χ2n) is 16.8. The van der Waals surface area contributed by atoms with Gasteiger partial charge in [-0.2, -0.15) is 0 Å². The van der Waals surface area contributed by atoms with E-state index < -0.39 is 17.8 Å². The third kappa shape index (κ3) is 11.1. The molecule has 6 N–H and O–H groups in total.